The van der Waals surface area contributed by atoms with Crippen molar-refractivity contribution in [3.05, 3.63) is 46.2 Å². The number of benzene rings is 1. The van der Waals surface area contributed by atoms with Crippen molar-refractivity contribution < 1.29 is 9.53 Å². The monoisotopic (exact) mass is 259 g/mol. The summed E-state index contributed by atoms with van der Waals surface area (Å²) in [6.07, 6.45) is 0.442. The Balaban J connectivity index is 1.89. The van der Waals surface area contributed by atoms with Crippen LogP contribution in [0.15, 0.2) is 35.7 Å². The highest BCUT2D eigenvalue weighted by atomic mass is 32.1. The highest BCUT2D eigenvalue weighted by molar-refractivity contribution is 7.10. The van der Waals surface area contributed by atoms with E-state index in [4.69, 9.17) is 4.74 Å². The van der Waals surface area contributed by atoms with Crippen LogP contribution in [0.2, 0.25) is 0 Å². The lowest BCUT2D eigenvalue weighted by Crippen LogP contribution is -2.20. The molecule has 0 unspecified atom stereocenters. The van der Waals surface area contributed by atoms with Crippen molar-refractivity contribution in [3.8, 4) is 5.75 Å². The molecular formula is C14H13NO2S. The maximum absolute atomic E-state index is 12.3. The van der Waals surface area contributed by atoms with Gasteiger partial charge in [0.25, 0.3) is 0 Å². The first-order valence-electron chi connectivity index (χ1n) is 5.90. The number of hydrogen-bond acceptors (Lipinski definition) is 4. The molecule has 0 saturated carbocycles. The van der Waals surface area contributed by atoms with Crippen LogP contribution < -0.4 is 10.1 Å². The summed E-state index contributed by atoms with van der Waals surface area (Å²) >= 11 is 1.61. The highest BCUT2D eigenvalue weighted by Gasteiger charge is 2.19. The van der Waals surface area contributed by atoms with Crippen LogP contribution in [-0.2, 0) is 6.42 Å². The van der Waals surface area contributed by atoms with Gasteiger partial charge in [-0.2, -0.15) is 0 Å². The number of ether oxygens (including phenoxy) is 1. The first-order chi connectivity index (χ1) is 8.84. The van der Waals surface area contributed by atoms with E-state index in [9.17, 15) is 4.79 Å². The molecule has 0 bridgehead atoms. The van der Waals surface area contributed by atoms with Crippen LogP contribution in [0.5, 0.6) is 5.75 Å². The molecule has 3 rings (SSSR count). The minimum absolute atomic E-state index is 0.109. The zero-order valence-electron chi connectivity index (χ0n) is 9.81. The van der Waals surface area contributed by atoms with Gasteiger partial charge in [-0.15, -0.1) is 11.3 Å². The van der Waals surface area contributed by atoms with Gasteiger partial charge in [0.05, 0.1) is 11.3 Å². The number of ketones is 1. The maximum Gasteiger partial charge on any atom is 0.171 e. The van der Waals surface area contributed by atoms with Gasteiger partial charge in [-0.1, -0.05) is 12.1 Å². The third-order valence-electron chi connectivity index (χ3n) is 2.89. The average molecular weight is 259 g/mol. The molecule has 1 aromatic carbocycles. The quantitative estimate of drug-likeness (QED) is 0.861. The van der Waals surface area contributed by atoms with Gasteiger partial charge >= 0.3 is 0 Å². The summed E-state index contributed by atoms with van der Waals surface area (Å²) in [5.41, 5.74) is 1.59. The molecular weight excluding hydrogens is 246 g/mol. The van der Waals surface area contributed by atoms with Gasteiger partial charge in [0.2, 0.25) is 0 Å². The van der Waals surface area contributed by atoms with E-state index < -0.39 is 0 Å². The average Bonchev–Trinajstić information content (AvgIpc) is 2.91. The minimum atomic E-state index is 0.109. The summed E-state index contributed by atoms with van der Waals surface area (Å²) in [6, 6.07) is 9.61. The number of anilines is 1. The molecule has 3 nitrogen and oxygen atoms in total. The number of Topliss-reactive ketones (excluding diaryl/α,β-unsaturated/α-hetero) is 1. The maximum atomic E-state index is 12.3. The molecule has 0 radical (unpaired) electrons. The Morgan fingerprint density at radius 2 is 2.28 bits per heavy atom. The van der Waals surface area contributed by atoms with Crippen molar-refractivity contribution in [1.82, 2.24) is 0 Å². The standard InChI is InChI=1S/C14H13NO2S/c16-13(9-10-3-2-8-18-10)11-4-1-5-12-14(11)17-7-6-15-12/h1-5,8,15H,6-7,9H2. The summed E-state index contributed by atoms with van der Waals surface area (Å²) in [4.78, 5) is 13.4. The summed E-state index contributed by atoms with van der Waals surface area (Å²) in [5, 5.41) is 5.23. The first-order valence-corrected chi connectivity index (χ1v) is 6.78. The molecule has 0 saturated heterocycles. The highest BCUT2D eigenvalue weighted by Crippen LogP contribution is 2.32. The smallest absolute Gasteiger partial charge is 0.171 e. The van der Waals surface area contributed by atoms with Crippen molar-refractivity contribution in [2.75, 3.05) is 18.5 Å². The van der Waals surface area contributed by atoms with Gasteiger partial charge in [0.15, 0.2) is 11.5 Å². The lowest BCUT2D eigenvalue weighted by molar-refractivity contribution is 0.0990. The Morgan fingerprint density at radius 1 is 1.33 bits per heavy atom. The van der Waals surface area contributed by atoms with Crippen molar-refractivity contribution in [2.45, 2.75) is 6.42 Å². The van der Waals surface area contributed by atoms with Crippen LogP contribution in [0.25, 0.3) is 0 Å². The second-order valence-corrected chi connectivity index (χ2v) is 5.17. The number of fused-ring (bicyclic) bond motifs is 1. The molecule has 1 aliphatic heterocycles. The molecule has 1 aliphatic rings. The van der Waals surface area contributed by atoms with E-state index in [0.717, 1.165) is 17.1 Å². The first kappa shape index (κ1) is 11.3. The molecule has 2 heterocycles. The van der Waals surface area contributed by atoms with Crippen LogP contribution in [-0.4, -0.2) is 18.9 Å². The molecule has 1 aromatic heterocycles. The number of rotatable bonds is 3. The number of hydrogen-bond donors (Lipinski definition) is 1. The van der Waals surface area contributed by atoms with Crippen LogP contribution in [0, 0.1) is 0 Å². The lowest BCUT2D eigenvalue weighted by atomic mass is 10.0. The van der Waals surface area contributed by atoms with E-state index in [-0.39, 0.29) is 5.78 Å². The van der Waals surface area contributed by atoms with Crippen LogP contribution in [0.4, 0.5) is 5.69 Å². The lowest BCUT2D eigenvalue weighted by Gasteiger charge is -2.21. The fourth-order valence-electron chi connectivity index (χ4n) is 2.06. The van der Waals surface area contributed by atoms with Gasteiger partial charge in [0, 0.05) is 17.8 Å². The normalized spacial score (nSPS) is 13.3. The molecule has 2 aromatic rings. The van der Waals surface area contributed by atoms with E-state index in [1.807, 2.05) is 35.7 Å². The minimum Gasteiger partial charge on any atom is -0.489 e. The molecule has 0 spiro atoms. The van der Waals surface area contributed by atoms with Gasteiger partial charge in [-0.3, -0.25) is 4.79 Å². The predicted molar refractivity (Wildman–Crippen MR) is 72.8 cm³/mol. The summed E-state index contributed by atoms with van der Waals surface area (Å²) < 4.78 is 5.61. The Kier molecular flexibility index (Phi) is 3.02. The SMILES string of the molecule is O=C(Cc1cccs1)c1cccc2c1OCCN2. The van der Waals surface area contributed by atoms with E-state index in [1.165, 1.54) is 0 Å². The molecule has 92 valence electrons. The third-order valence-corrected chi connectivity index (χ3v) is 3.77. The fraction of sp³-hybridized carbons (Fsp3) is 0.214. The van der Waals surface area contributed by atoms with Gasteiger partial charge in [-0.05, 0) is 23.6 Å². The van der Waals surface area contributed by atoms with Crippen molar-refractivity contribution >= 4 is 22.8 Å². The summed E-state index contributed by atoms with van der Waals surface area (Å²) in [7, 11) is 0. The van der Waals surface area contributed by atoms with Gasteiger partial charge in [0.1, 0.15) is 6.61 Å². The van der Waals surface area contributed by atoms with Crippen LogP contribution >= 0.6 is 11.3 Å². The second-order valence-electron chi connectivity index (χ2n) is 4.14. The van der Waals surface area contributed by atoms with Crippen molar-refractivity contribution in [3.63, 3.8) is 0 Å². The van der Waals surface area contributed by atoms with E-state index >= 15 is 0 Å². The number of thiophene rings is 1. The number of para-hydroxylation sites is 1. The van der Waals surface area contributed by atoms with Crippen LogP contribution in [0.3, 0.4) is 0 Å². The Morgan fingerprint density at radius 3 is 3.11 bits per heavy atom. The predicted octanol–water partition coefficient (Wildman–Crippen LogP) is 2.98. The largest absolute Gasteiger partial charge is 0.489 e. The second kappa shape index (κ2) is 4.82. The number of carbonyl (C=O) groups is 1. The Bertz CT molecular complexity index is 563. The number of nitrogens with one attached hydrogen (secondary N) is 1. The zero-order chi connectivity index (χ0) is 12.4. The summed E-state index contributed by atoms with van der Waals surface area (Å²) in [6.45, 7) is 1.39. The Hall–Kier alpha value is -1.81. The fourth-order valence-corrected chi connectivity index (χ4v) is 2.76. The molecule has 0 amide bonds. The topological polar surface area (TPSA) is 38.3 Å². The molecule has 0 atom stereocenters. The number of carbonyl (C=O) groups excluding carboxylic acids is 1. The van der Waals surface area contributed by atoms with Crippen LogP contribution in [0.1, 0.15) is 15.2 Å². The Labute approximate surface area is 109 Å². The van der Waals surface area contributed by atoms with Gasteiger partial charge in [-0.25, -0.2) is 0 Å². The molecule has 4 heteroatoms. The zero-order valence-corrected chi connectivity index (χ0v) is 10.6. The third kappa shape index (κ3) is 2.11. The van der Waals surface area contributed by atoms with E-state index in [2.05, 4.69) is 5.32 Å². The molecule has 1 N–H and O–H groups in total. The van der Waals surface area contributed by atoms with E-state index in [0.29, 0.717) is 24.3 Å². The van der Waals surface area contributed by atoms with Gasteiger partial charge < -0.3 is 10.1 Å². The van der Waals surface area contributed by atoms with E-state index in [1.54, 1.807) is 11.3 Å². The molecule has 0 aliphatic carbocycles. The van der Waals surface area contributed by atoms with Crippen molar-refractivity contribution in [2.24, 2.45) is 0 Å². The molecule has 18 heavy (non-hydrogen) atoms. The molecule has 0 fully saturated rings. The van der Waals surface area contributed by atoms with Crippen molar-refractivity contribution in [1.29, 1.82) is 0 Å². The summed E-state index contributed by atoms with van der Waals surface area (Å²) in [5.74, 6) is 0.809.